The Labute approximate surface area is 134 Å². The zero-order chi connectivity index (χ0) is 15.6. The Kier molecular flexibility index (Phi) is 9.27. The molecule has 0 bridgehead atoms. The fourth-order valence-corrected chi connectivity index (χ4v) is 3.84. The van der Waals surface area contributed by atoms with Gasteiger partial charge in [0.1, 0.15) is 0 Å². The summed E-state index contributed by atoms with van der Waals surface area (Å²) in [6.07, 6.45) is 18.7. The number of aliphatic imine (C=N–C) groups is 1. The molecular weight excluding hydrogens is 254 g/mol. The zero-order valence-electron chi connectivity index (χ0n) is 15.2. The summed E-state index contributed by atoms with van der Waals surface area (Å²) in [5.41, 5.74) is 0.345. The molecular formula is C20H39N. The van der Waals surface area contributed by atoms with E-state index in [-0.39, 0.29) is 0 Å². The third-order valence-corrected chi connectivity index (χ3v) is 5.30. The summed E-state index contributed by atoms with van der Waals surface area (Å²) in [7, 11) is 0. The van der Waals surface area contributed by atoms with Gasteiger partial charge in [-0.15, -0.1) is 0 Å². The van der Waals surface area contributed by atoms with Gasteiger partial charge in [0.15, 0.2) is 0 Å². The van der Waals surface area contributed by atoms with Gasteiger partial charge in [0.25, 0.3) is 0 Å². The van der Waals surface area contributed by atoms with Gasteiger partial charge in [-0.25, -0.2) is 0 Å². The lowest BCUT2D eigenvalue weighted by molar-refractivity contribution is 0.355. The molecule has 0 aromatic carbocycles. The maximum Gasteiger partial charge on any atom is 0.0521 e. The molecule has 1 aliphatic rings. The fourth-order valence-electron chi connectivity index (χ4n) is 3.84. The van der Waals surface area contributed by atoms with Crippen molar-refractivity contribution >= 4 is 6.21 Å². The van der Waals surface area contributed by atoms with Gasteiger partial charge in [0.2, 0.25) is 0 Å². The third kappa shape index (κ3) is 7.47. The molecule has 0 fully saturated rings. The van der Waals surface area contributed by atoms with Crippen molar-refractivity contribution in [3.05, 3.63) is 0 Å². The van der Waals surface area contributed by atoms with E-state index in [0.717, 1.165) is 5.92 Å². The van der Waals surface area contributed by atoms with Crippen molar-refractivity contribution in [2.75, 3.05) is 0 Å². The minimum atomic E-state index is 0.345. The maximum absolute atomic E-state index is 5.12. The van der Waals surface area contributed by atoms with Crippen molar-refractivity contribution < 1.29 is 0 Å². The SMILES string of the molecule is CCCC(C)C1CCCCCCCCC(C)(CCC)C=N1. The van der Waals surface area contributed by atoms with Gasteiger partial charge in [-0.2, -0.15) is 0 Å². The Balaban J connectivity index is 2.77. The molecule has 1 rings (SSSR count). The van der Waals surface area contributed by atoms with Crippen LogP contribution >= 0.6 is 0 Å². The summed E-state index contributed by atoms with van der Waals surface area (Å²) in [6, 6.07) is 0.570. The monoisotopic (exact) mass is 293 g/mol. The summed E-state index contributed by atoms with van der Waals surface area (Å²) >= 11 is 0. The second-order valence-corrected chi connectivity index (χ2v) is 7.68. The highest BCUT2D eigenvalue weighted by molar-refractivity contribution is 5.65. The number of hydrogen-bond donors (Lipinski definition) is 0. The third-order valence-electron chi connectivity index (χ3n) is 5.30. The molecule has 0 spiro atoms. The number of rotatable bonds is 5. The lowest BCUT2D eigenvalue weighted by Gasteiger charge is -2.28. The van der Waals surface area contributed by atoms with Crippen LogP contribution in [0.5, 0.6) is 0 Å². The Morgan fingerprint density at radius 1 is 1.05 bits per heavy atom. The molecule has 3 unspecified atom stereocenters. The molecule has 3 atom stereocenters. The van der Waals surface area contributed by atoms with E-state index in [1.54, 1.807) is 0 Å². The van der Waals surface area contributed by atoms with E-state index < -0.39 is 0 Å². The van der Waals surface area contributed by atoms with Gasteiger partial charge < -0.3 is 0 Å². The van der Waals surface area contributed by atoms with Gasteiger partial charge in [0.05, 0.1) is 6.04 Å². The van der Waals surface area contributed by atoms with Crippen LogP contribution in [0.3, 0.4) is 0 Å². The van der Waals surface area contributed by atoms with E-state index in [2.05, 4.69) is 33.9 Å². The van der Waals surface area contributed by atoms with Crippen LogP contribution in [-0.2, 0) is 0 Å². The van der Waals surface area contributed by atoms with E-state index >= 15 is 0 Å². The molecule has 0 aromatic rings. The second kappa shape index (κ2) is 10.4. The molecule has 1 heterocycles. The molecule has 0 radical (unpaired) electrons. The summed E-state index contributed by atoms with van der Waals surface area (Å²) in [5.74, 6) is 0.750. The molecule has 1 nitrogen and oxygen atoms in total. The topological polar surface area (TPSA) is 12.4 Å². The smallest absolute Gasteiger partial charge is 0.0521 e. The summed E-state index contributed by atoms with van der Waals surface area (Å²) < 4.78 is 0. The van der Waals surface area contributed by atoms with Gasteiger partial charge >= 0.3 is 0 Å². The molecule has 0 N–H and O–H groups in total. The van der Waals surface area contributed by atoms with Gasteiger partial charge in [0, 0.05) is 11.6 Å². The van der Waals surface area contributed by atoms with Crippen molar-refractivity contribution in [3.8, 4) is 0 Å². The molecule has 21 heavy (non-hydrogen) atoms. The summed E-state index contributed by atoms with van der Waals surface area (Å²) in [4.78, 5) is 5.12. The maximum atomic E-state index is 5.12. The molecule has 0 saturated carbocycles. The van der Waals surface area contributed by atoms with Crippen molar-refractivity contribution in [1.29, 1.82) is 0 Å². The van der Waals surface area contributed by atoms with Crippen LogP contribution in [0.15, 0.2) is 4.99 Å². The average Bonchev–Trinajstić information content (AvgIpc) is 2.44. The first-order valence-corrected chi connectivity index (χ1v) is 9.65. The van der Waals surface area contributed by atoms with Crippen molar-refractivity contribution in [2.45, 2.75) is 111 Å². The van der Waals surface area contributed by atoms with Gasteiger partial charge in [-0.05, 0) is 31.6 Å². The average molecular weight is 294 g/mol. The van der Waals surface area contributed by atoms with E-state index in [0.29, 0.717) is 11.5 Å². The van der Waals surface area contributed by atoms with Crippen LogP contribution in [0.25, 0.3) is 0 Å². The quantitative estimate of drug-likeness (QED) is 0.528. The predicted molar refractivity (Wildman–Crippen MR) is 96.3 cm³/mol. The zero-order valence-corrected chi connectivity index (χ0v) is 15.2. The van der Waals surface area contributed by atoms with Crippen LogP contribution in [0, 0.1) is 11.3 Å². The standard InChI is InChI=1S/C20H39N/c1-5-13-18(3)19-14-11-9-7-8-10-12-16-20(4,15-6-2)17-21-19/h17-19H,5-16H2,1-4H3. The molecule has 124 valence electrons. The summed E-state index contributed by atoms with van der Waals surface area (Å²) in [5, 5.41) is 0. The highest BCUT2D eigenvalue weighted by Gasteiger charge is 2.22. The number of hydrogen-bond acceptors (Lipinski definition) is 1. The normalized spacial score (nSPS) is 30.4. The van der Waals surface area contributed by atoms with Crippen LogP contribution in [0.4, 0.5) is 0 Å². The van der Waals surface area contributed by atoms with Crippen LogP contribution < -0.4 is 0 Å². The molecule has 1 heteroatoms. The summed E-state index contributed by atoms with van der Waals surface area (Å²) in [6.45, 7) is 9.46. The first-order chi connectivity index (χ1) is 10.1. The Hall–Kier alpha value is -0.330. The first kappa shape index (κ1) is 18.7. The van der Waals surface area contributed by atoms with Crippen LogP contribution in [0.1, 0.15) is 105 Å². The predicted octanol–water partition coefficient (Wildman–Crippen LogP) is 6.80. The van der Waals surface area contributed by atoms with Crippen molar-refractivity contribution in [3.63, 3.8) is 0 Å². The van der Waals surface area contributed by atoms with Crippen molar-refractivity contribution in [1.82, 2.24) is 0 Å². The van der Waals surface area contributed by atoms with Crippen LogP contribution in [0.2, 0.25) is 0 Å². The van der Waals surface area contributed by atoms with E-state index in [1.165, 1.54) is 77.0 Å². The lowest BCUT2D eigenvalue weighted by Crippen LogP contribution is -2.22. The Bertz CT molecular complexity index is 284. The molecule has 0 saturated heterocycles. The first-order valence-electron chi connectivity index (χ1n) is 9.65. The molecule has 1 aliphatic heterocycles. The van der Waals surface area contributed by atoms with Crippen LogP contribution in [-0.4, -0.2) is 12.3 Å². The number of nitrogens with zero attached hydrogens (tertiary/aromatic N) is 1. The molecule has 0 aromatic heterocycles. The Morgan fingerprint density at radius 2 is 1.71 bits per heavy atom. The van der Waals surface area contributed by atoms with Crippen molar-refractivity contribution in [2.24, 2.45) is 16.3 Å². The van der Waals surface area contributed by atoms with E-state index in [1.807, 2.05) is 0 Å². The largest absolute Gasteiger partial charge is 0.293 e. The minimum absolute atomic E-state index is 0.345. The minimum Gasteiger partial charge on any atom is -0.293 e. The van der Waals surface area contributed by atoms with Gasteiger partial charge in [-0.1, -0.05) is 79.1 Å². The highest BCUT2D eigenvalue weighted by atomic mass is 14.8. The Morgan fingerprint density at radius 3 is 2.38 bits per heavy atom. The van der Waals surface area contributed by atoms with Gasteiger partial charge in [-0.3, -0.25) is 4.99 Å². The second-order valence-electron chi connectivity index (χ2n) is 7.68. The molecule has 0 amide bonds. The molecule has 0 aliphatic carbocycles. The fraction of sp³-hybridized carbons (Fsp3) is 0.950. The lowest BCUT2D eigenvalue weighted by atomic mass is 9.81. The van der Waals surface area contributed by atoms with E-state index in [4.69, 9.17) is 4.99 Å². The van der Waals surface area contributed by atoms with E-state index in [9.17, 15) is 0 Å². The highest BCUT2D eigenvalue weighted by Crippen LogP contribution is 2.30.